The number of rotatable bonds is 29. The first-order chi connectivity index (χ1) is 30.6. The lowest BCUT2D eigenvalue weighted by Crippen LogP contribution is -2.37. The molecule has 4 rings (SSSR count). The molecule has 2 aliphatic rings. The van der Waals surface area contributed by atoms with E-state index in [2.05, 4.69) is 73.7 Å². The van der Waals surface area contributed by atoms with E-state index in [0.717, 1.165) is 120 Å². The van der Waals surface area contributed by atoms with Crippen molar-refractivity contribution in [3.8, 4) is 0 Å². The van der Waals surface area contributed by atoms with Gasteiger partial charge < -0.3 is 32.9 Å². The summed E-state index contributed by atoms with van der Waals surface area (Å²) in [6.45, 7) is 10.7. The molecule has 0 aromatic carbocycles. The number of methoxy groups -OCH3 is 2. The van der Waals surface area contributed by atoms with Crippen molar-refractivity contribution in [3.05, 3.63) is 107 Å². The van der Waals surface area contributed by atoms with E-state index in [9.17, 15) is 9.90 Å². The maximum Gasteiger partial charge on any atom is 0.218 e. The Balaban J connectivity index is 1.12. The van der Waals surface area contributed by atoms with Crippen LogP contribution in [0.25, 0.3) is 12.2 Å². The molecule has 0 aliphatic carbocycles. The van der Waals surface area contributed by atoms with Gasteiger partial charge in [-0.1, -0.05) is 95.4 Å². The molecule has 10 nitrogen and oxygen atoms in total. The fraction of sp³-hybridized carbons (Fsp3) is 0.596. The maximum atomic E-state index is 10.7. The monoisotopic (exact) mass is 934 g/mol. The van der Waals surface area contributed by atoms with Gasteiger partial charge in [-0.3, -0.25) is 4.79 Å². The summed E-state index contributed by atoms with van der Waals surface area (Å²) >= 11 is 3.32. The molecular weight excluding hydrogens is 860 g/mol. The number of aliphatic hydroxyl groups is 1. The number of allylic oxidation sites excluding steroid dienone is 6. The predicted molar refractivity (Wildman–Crippen MR) is 256 cm³/mol. The third-order valence-electron chi connectivity index (χ3n) is 11.8. The first kappa shape index (κ1) is 52.2. The van der Waals surface area contributed by atoms with Crippen LogP contribution < -0.4 is 0 Å². The molecule has 348 valence electrons. The Hall–Kier alpha value is -3.45. The Morgan fingerprint density at radius 2 is 1.83 bits per heavy atom. The molecule has 2 aromatic heterocycles. The smallest absolute Gasteiger partial charge is 0.218 e. The average Bonchev–Trinajstić information content (AvgIpc) is 3.93. The van der Waals surface area contributed by atoms with E-state index in [1.54, 1.807) is 26.7 Å². The first-order valence-corrected chi connectivity index (χ1v) is 24.1. The minimum atomic E-state index is -0.480. The molecule has 63 heavy (non-hydrogen) atoms. The third-order valence-corrected chi connectivity index (χ3v) is 12.2. The number of nitrogens with zero attached hydrogens (tertiary/aromatic N) is 2. The van der Waals surface area contributed by atoms with E-state index in [0.29, 0.717) is 37.0 Å². The molecule has 0 saturated carbocycles. The molecule has 0 spiro atoms. The number of aldehydes is 1. The predicted octanol–water partition coefficient (Wildman–Crippen LogP) is 12.9. The zero-order chi connectivity index (χ0) is 45.2. The molecule has 2 fully saturated rings. The van der Waals surface area contributed by atoms with E-state index in [4.69, 9.17) is 37.7 Å². The van der Waals surface area contributed by atoms with Crippen LogP contribution in [0.1, 0.15) is 159 Å². The van der Waals surface area contributed by atoms with Crippen molar-refractivity contribution < 1.29 is 37.7 Å². The van der Waals surface area contributed by atoms with Gasteiger partial charge in [0.1, 0.15) is 36.3 Å². The van der Waals surface area contributed by atoms with Gasteiger partial charge >= 0.3 is 0 Å². The molecule has 0 radical (unpaired) electrons. The van der Waals surface area contributed by atoms with Crippen LogP contribution in [0.5, 0.6) is 0 Å². The minimum Gasteiger partial charge on any atom is -0.448 e. The number of halogens is 1. The summed E-state index contributed by atoms with van der Waals surface area (Å²) in [6.07, 6.45) is 38.0. The summed E-state index contributed by atoms with van der Waals surface area (Å²) in [7, 11) is 3.52. The van der Waals surface area contributed by atoms with Crippen molar-refractivity contribution in [2.45, 2.75) is 179 Å². The normalized spacial score (nSPS) is 23.1. The Kier molecular flexibility index (Phi) is 24.8. The van der Waals surface area contributed by atoms with Gasteiger partial charge in [-0.25, -0.2) is 9.97 Å². The highest BCUT2D eigenvalue weighted by molar-refractivity contribution is 9.11. The molecule has 2 aliphatic heterocycles. The molecule has 1 N–H and O–H groups in total. The van der Waals surface area contributed by atoms with Crippen LogP contribution in [0, 0.1) is 5.92 Å². The summed E-state index contributed by atoms with van der Waals surface area (Å²) in [6, 6.07) is 0. The molecule has 4 heterocycles. The van der Waals surface area contributed by atoms with Gasteiger partial charge in [-0.05, 0) is 126 Å². The van der Waals surface area contributed by atoms with Gasteiger partial charge in [0.2, 0.25) is 5.89 Å². The van der Waals surface area contributed by atoms with Gasteiger partial charge in [0.05, 0.1) is 43.0 Å². The number of oxazole rings is 2. The van der Waals surface area contributed by atoms with Crippen LogP contribution in [0.15, 0.2) is 92.2 Å². The zero-order valence-electron chi connectivity index (χ0n) is 38.6. The SMILES string of the molecule is C=C(CCC/C=C\C=O)CC(O)CC1CCCC(c2coc(/C=C/CCCCC(C)C/C(C)=C/c3coc(CC4CC(OC)CC(C/C=C(C)/C=C/C(C/C=C/Br)OC)O4)n3)n2)O1. The Morgan fingerprint density at radius 3 is 2.62 bits per heavy atom. The molecule has 0 bridgehead atoms. The summed E-state index contributed by atoms with van der Waals surface area (Å²) < 4.78 is 35.9. The Morgan fingerprint density at radius 1 is 1.00 bits per heavy atom. The number of aliphatic hydroxyl groups excluding tert-OH is 1. The first-order valence-electron chi connectivity index (χ1n) is 23.2. The largest absolute Gasteiger partial charge is 0.448 e. The van der Waals surface area contributed by atoms with Gasteiger partial charge in [0.25, 0.3) is 0 Å². The number of ether oxygens (including phenoxy) is 4. The lowest BCUT2D eigenvalue weighted by atomic mass is 9.95. The molecule has 0 amide bonds. The molecule has 11 heteroatoms. The van der Waals surface area contributed by atoms with Crippen molar-refractivity contribution >= 4 is 34.4 Å². The lowest BCUT2D eigenvalue weighted by Gasteiger charge is -2.34. The molecule has 8 atom stereocenters. The summed E-state index contributed by atoms with van der Waals surface area (Å²) in [4.78, 5) is 21.8. The number of carbonyl (C=O) groups is 1. The van der Waals surface area contributed by atoms with Gasteiger partial charge in [0, 0.05) is 27.1 Å². The Bertz CT molecular complexity index is 1810. The Labute approximate surface area is 386 Å². The number of unbranched alkanes of at least 4 members (excludes halogenated alkanes) is 3. The number of carbonyl (C=O) groups excluding carboxylic acids is 1. The van der Waals surface area contributed by atoms with E-state index in [1.165, 1.54) is 17.2 Å². The fourth-order valence-electron chi connectivity index (χ4n) is 8.47. The minimum absolute atomic E-state index is 0.0131. The quantitative estimate of drug-likeness (QED) is 0.0277. The second kappa shape index (κ2) is 29.9. The summed E-state index contributed by atoms with van der Waals surface area (Å²) in [5.74, 6) is 1.87. The van der Waals surface area contributed by atoms with Crippen molar-refractivity contribution in [1.82, 2.24) is 9.97 Å². The van der Waals surface area contributed by atoms with E-state index in [-0.39, 0.29) is 36.6 Å². The highest BCUT2D eigenvalue weighted by Gasteiger charge is 2.31. The van der Waals surface area contributed by atoms with Gasteiger partial charge in [-0.2, -0.15) is 0 Å². The number of hydrogen-bond donors (Lipinski definition) is 1. The highest BCUT2D eigenvalue weighted by Crippen LogP contribution is 2.33. The van der Waals surface area contributed by atoms with Crippen LogP contribution >= 0.6 is 15.9 Å². The highest BCUT2D eigenvalue weighted by atomic mass is 79.9. The molecular formula is C52H75BrN2O8. The van der Waals surface area contributed by atoms with Crippen LogP contribution in [0.3, 0.4) is 0 Å². The van der Waals surface area contributed by atoms with Crippen LogP contribution in [-0.4, -0.2) is 72.2 Å². The van der Waals surface area contributed by atoms with Crippen LogP contribution in [0.2, 0.25) is 0 Å². The zero-order valence-corrected chi connectivity index (χ0v) is 40.2. The number of hydrogen-bond acceptors (Lipinski definition) is 10. The molecule has 2 saturated heterocycles. The topological polar surface area (TPSA) is 126 Å². The summed E-state index contributed by atoms with van der Waals surface area (Å²) in [5, 5.41) is 10.7. The van der Waals surface area contributed by atoms with E-state index in [1.807, 2.05) is 23.2 Å². The van der Waals surface area contributed by atoms with Gasteiger partial charge in [-0.15, -0.1) is 0 Å². The van der Waals surface area contributed by atoms with E-state index >= 15 is 0 Å². The third kappa shape index (κ3) is 20.9. The lowest BCUT2D eigenvalue weighted by molar-refractivity contribution is -0.105. The average molecular weight is 936 g/mol. The molecule has 2 aromatic rings. The molecule has 8 unspecified atom stereocenters. The number of aromatic nitrogens is 2. The maximum absolute atomic E-state index is 10.7. The van der Waals surface area contributed by atoms with Crippen molar-refractivity contribution in [3.63, 3.8) is 0 Å². The van der Waals surface area contributed by atoms with Crippen molar-refractivity contribution in [2.24, 2.45) is 5.92 Å². The van der Waals surface area contributed by atoms with Crippen LogP contribution in [0.4, 0.5) is 0 Å². The standard InChI is InChI=1S/C52H75BrN2O8/c1-38(23-25-44(58-5)20-16-27-53)24-26-46-33-47(59-6)34-48(62-46)35-52-54-42(36-60-52)30-41(4)29-39(2)17-11-7-8-13-22-51-55-49(37-61-51)50-21-15-19-45(63-50)32-43(57)31-40(3)18-12-9-10-14-28-56/h10,13-14,16,22-25,27-28,30,36-37,39,43-48,50,57H,3,7-9,11-12,15,17-21,26,29,31-35H2,1-2,4-6H3/b14-10-,22-13+,25-23+,27-16+,38-24+,41-30+. The van der Waals surface area contributed by atoms with Crippen molar-refractivity contribution in [2.75, 3.05) is 14.2 Å². The van der Waals surface area contributed by atoms with Crippen molar-refractivity contribution in [1.29, 1.82) is 0 Å². The fourth-order valence-corrected chi connectivity index (χ4v) is 8.68. The van der Waals surface area contributed by atoms with Gasteiger partial charge in [0.15, 0.2) is 5.89 Å². The second-order valence-corrected chi connectivity index (χ2v) is 18.1. The van der Waals surface area contributed by atoms with Crippen LogP contribution in [-0.2, 0) is 30.2 Å². The van der Waals surface area contributed by atoms with E-state index < -0.39 is 6.10 Å². The second-order valence-electron chi connectivity index (χ2n) is 17.6. The summed E-state index contributed by atoms with van der Waals surface area (Å²) in [5.41, 5.74) is 5.19.